The second kappa shape index (κ2) is 11.7. The number of pyridine rings is 1. The van der Waals surface area contributed by atoms with Crippen molar-refractivity contribution < 1.29 is 0 Å². The average molecular weight is 464 g/mol. The number of nitrogens with one attached hydrogen (secondary N) is 1. The van der Waals surface area contributed by atoms with Crippen LogP contribution in [0.3, 0.4) is 0 Å². The summed E-state index contributed by atoms with van der Waals surface area (Å²) in [5.74, 6) is 0. The molecule has 5 rings (SSSR count). The molecule has 0 saturated carbocycles. The minimum absolute atomic E-state index is 0.552. The molecule has 0 radical (unpaired) electrons. The number of aromatic nitrogens is 1. The van der Waals surface area contributed by atoms with Crippen molar-refractivity contribution in [2.45, 2.75) is 70.5 Å². The molecule has 3 unspecified atom stereocenters. The number of likely N-dealkylation sites (N-methyl/N-ethyl adjacent to an activating group) is 2. The highest BCUT2D eigenvalue weighted by Gasteiger charge is 2.31. The lowest BCUT2D eigenvalue weighted by molar-refractivity contribution is 0.0809. The molecule has 2 aliphatic carbocycles. The molecule has 3 atom stereocenters. The van der Waals surface area contributed by atoms with E-state index in [4.69, 9.17) is 0 Å². The summed E-state index contributed by atoms with van der Waals surface area (Å²) in [6.07, 6.45) is 16.3. The Morgan fingerprint density at radius 3 is 2.62 bits per heavy atom. The SMILES string of the molecule is CC1CN(C2=CCC=CC3=C2CC(CN(C)C)NC3)CC(C)N1C.c1cnc2c(c1)CCCC2. The normalized spacial score (nSPS) is 27.4. The Kier molecular flexibility index (Phi) is 8.62. The highest BCUT2D eigenvalue weighted by atomic mass is 15.3. The monoisotopic (exact) mass is 463 g/mol. The first-order valence-corrected chi connectivity index (χ1v) is 13.3. The minimum Gasteiger partial charge on any atom is -0.368 e. The van der Waals surface area contributed by atoms with Crippen molar-refractivity contribution in [3.63, 3.8) is 0 Å². The van der Waals surface area contributed by atoms with Gasteiger partial charge in [-0.15, -0.1) is 0 Å². The molecule has 1 saturated heterocycles. The van der Waals surface area contributed by atoms with E-state index in [1.54, 1.807) is 5.57 Å². The third-order valence-electron chi connectivity index (χ3n) is 7.88. The molecule has 0 aromatic carbocycles. The van der Waals surface area contributed by atoms with E-state index in [2.05, 4.69) is 84.3 Å². The third-order valence-corrected chi connectivity index (χ3v) is 7.88. The Balaban J connectivity index is 0.000000226. The van der Waals surface area contributed by atoms with Crippen LogP contribution in [0, 0.1) is 0 Å². The van der Waals surface area contributed by atoms with Gasteiger partial charge >= 0.3 is 0 Å². The minimum atomic E-state index is 0.552. The predicted octanol–water partition coefficient (Wildman–Crippen LogP) is 4.04. The van der Waals surface area contributed by atoms with Gasteiger partial charge in [-0.3, -0.25) is 9.88 Å². The molecule has 4 aliphatic rings. The zero-order valence-corrected chi connectivity index (χ0v) is 22.1. The van der Waals surface area contributed by atoms with Gasteiger partial charge in [0.2, 0.25) is 0 Å². The molecule has 5 nitrogen and oxygen atoms in total. The number of rotatable bonds is 3. The molecule has 34 heavy (non-hydrogen) atoms. The third kappa shape index (κ3) is 6.18. The molecule has 0 amide bonds. The number of hydrogen-bond acceptors (Lipinski definition) is 5. The van der Waals surface area contributed by atoms with Crippen LogP contribution in [0.2, 0.25) is 0 Å². The first-order chi connectivity index (χ1) is 16.4. The fourth-order valence-electron chi connectivity index (χ4n) is 5.78. The van der Waals surface area contributed by atoms with Gasteiger partial charge in [0.05, 0.1) is 0 Å². The molecule has 1 aromatic rings. The van der Waals surface area contributed by atoms with Crippen molar-refractivity contribution in [3.8, 4) is 0 Å². The first kappa shape index (κ1) is 25.2. The molecule has 0 spiro atoms. The fourth-order valence-corrected chi connectivity index (χ4v) is 5.78. The van der Waals surface area contributed by atoms with Crippen molar-refractivity contribution in [1.29, 1.82) is 0 Å². The number of allylic oxidation sites excluding steroid dienone is 3. The Morgan fingerprint density at radius 2 is 1.88 bits per heavy atom. The number of nitrogens with zero attached hydrogens (tertiary/aromatic N) is 4. The zero-order chi connectivity index (χ0) is 24.1. The van der Waals surface area contributed by atoms with Gasteiger partial charge in [0.1, 0.15) is 0 Å². The van der Waals surface area contributed by atoms with Crippen LogP contribution in [0.5, 0.6) is 0 Å². The van der Waals surface area contributed by atoms with E-state index in [0.29, 0.717) is 18.1 Å². The van der Waals surface area contributed by atoms with Crippen LogP contribution < -0.4 is 5.32 Å². The molecule has 2 aliphatic heterocycles. The van der Waals surface area contributed by atoms with Gasteiger partial charge in [0.15, 0.2) is 0 Å². The van der Waals surface area contributed by atoms with Crippen LogP contribution in [-0.4, -0.2) is 85.1 Å². The highest BCUT2D eigenvalue weighted by Crippen LogP contribution is 2.32. The Labute approximate surface area is 207 Å². The summed E-state index contributed by atoms with van der Waals surface area (Å²) in [6, 6.07) is 5.99. The lowest BCUT2D eigenvalue weighted by atomic mass is 9.92. The second-order valence-electron chi connectivity index (χ2n) is 10.9. The van der Waals surface area contributed by atoms with E-state index in [1.165, 1.54) is 48.2 Å². The van der Waals surface area contributed by atoms with E-state index in [-0.39, 0.29) is 0 Å². The van der Waals surface area contributed by atoms with E-state index in [0.717, 1.165) is 39.0 Å². The van der Waals surface area contributed by atoms with Crippen LogP contribution in [-0.2, 0) is 12.8 Å². The maximum absolute atomic E-state index is 4.32. The number of hydrogen-bond donors (Lipinski definition) is 1. The van der Waals surface area contributed by atoms with Gasteiger partial charge in [0.25, 0.3) is 0 Å². The maximum atomic E-state index is 4.32. The maximum Gasteiger partial charge on any atom is 0.0435 e. The Morgan fingerprint density at radius 1 is 1.12 bits per heavy atom. The van der Waals surface area contributed by atoms with Crippen LogP contribution in [0.4, 0.5) is 0 Å². The topological polar surface area (TPSA) is 34.6 Å². The van der Waals surface area contributed by atoms with E-state index < -0.39 is 0 Å². The van der Waals surface area contributed by atoms with E-state index in [9.17, 15) is 0 Å². The Bertz CT molecular complexity index is 878. The second-order valence-corrected chi connectivity index (χ2v) is 10.9. The van der Waals surface area contributed by atoms with Gasteiger partial charge in [-0.1, -0.05) is 24.3 Å². The van der Waals surface area contributed by atoms with Crippen LogP contribution in [0.25, 0.3) is 0 Å². The van der Waals surface area contributed by atoms with Gasteiger partial charge < -0.3 is 15.1 Å². The van der Waals surface area contributed by atoms with E-state index in [1.807, 2.05) is 12.3 Å². The molecule has 0 bridgehead atoms. The van der Waals surface area contributed by atoms with Crippen LogP contribution >= 0.6 is 0 Å². The van der Waals surface area contributed by atoms with Crippen molar-refractivity contribution >= 4 is 0 Å². The number of piperazine rings is 1. The summed E-state index contributed by atoms with van der Waals surface area (Å²) in [7, 11) is 6.59. The average Bonchev–Trinajstić information content (AvgIpc) is 3.04. The van der Waals surface area contributed by atoms with Gasteiger partial charge in [-0.05, 0) is 96.3 Å². The fraction of sp³-hybridized carbons (Fsp3) is 0.621. The quantitative estimate of drug-likeness (QED) is 0.732. The number of fused-ring (bicyclic) bond motifs is 1. The molecule has 5 heteroatoms. The summed E-state index contributed by atoms with van der Waals surface area (Å²) in [5.41, 5.74) is 7.38. The standard InChI is InChI=1S/C20H34N4.C9H11N/c1-15-12-24(13-16(2)23(15)5)20-9-7-6-8-17-11-21-18(10-19(17)20)14-22(3)4;1-2-6-9-8(4-1)5-3-7-10-9/h6,8-9,15-16,18,21H,7,10-14H2,1-5H3;3,5,7H,1-2,4,6H2. The molecule has 186 valence electrons. The van der Waals surface area contributed by atoms with Crippen LogP contribution in [0.15, 0.2) is 53.4 Å². The lowest BCUT2D eigenvalue weighted by Gasteiger charge is -2.45. The molecule has 1 fully saturated rings. The van der Waals surface area contributed by atoms with Gasteiger partial charge in [-0.2, -0.15) is 0 Å². The zero-order valence-electron chi connectivity index (χ0n) is 22.1. The number of aryl methyl sites for hydroxylation is 2. The largest absolute Gasteiger partial charge is 0.368 e. The summed E-state index contributed by atoms with van der Waals surface area (Å²) in [5, 5.41) is 3.72. The summed E-state index contributed by atoms with van der Waals surface area (Å²) in [4.78, 5) is 11.8. The smallest absolute Gasteiger partial charge is 0.0435 e. The van der Waals surface area contributed by atoms with Gasteiger partial charge in [-0.25, -0.2) is 0 Å². The molecule has 3 heterocycles. The molecular weight excluding hydrogens is 418 g/mol. The first-order valence-electron chi connectivity index (χ1n) is 13.3. The molecule has 1 aromatic heterocycles. The highest BCUT2D eigenvalue weighted by molar-refractivity contribution is 5.45. The van der Waals surface area contributed by atoms with Crippen molar-refractivity contribution in [2.75, 3.05) is 47.3 Å². The van der Waals surface area contributed by atoms with Crippen molar-refractivity contribution in [1.82, 2.24) is 25.0 Å². The van der Waals surface area contributed by atoms with Crippen molar-refractivity contribution in [3.05, 3.63) is 64.7 Å². The lowest BCUT2D eigenvalue weighted by Crippen LogP contribution is -2.55. The van der Waals surface area contributed by atoms with Crippen LogP contribution in [0.1, 0.15) is 50.8 Å². The predicted molar refractivity (Wildman–Crippen MR) is 143 cm³/mol. The van der Waals surface area contributed by atoms with E-state index >= 15 is 0 Å². The summed E-state index contributed by atoms with van der Waals surface area (Å²) in [6.45, 7) is 9.07. The van der Waals surface area contributed by atoms with Gasteiger partial charge in [0, 0.05) is 61.9 Å². The summed E-state index contributed by atoms with van der Waals surface area (Å²) < 4.78 is 0. The molecular formula is C29H45N5. The molecule has 1 N–H and O–H groups in total. The Hall–Kier alpha value is -1.95. The summed E-state index contributed by atoms with van der Waals surface area (Å²) >= 11 is 0. The van der Waals surface area contributed by atoms with Crippen molar-refractivity contribution in [2.24, 2.45) is 0 Å².